The van der Waals surface area contributed by atoms with Crippen LogP contribution in [0.2, 0.25) is 5.15 Å². The summed E-state index contributed by atoms with van der Waals surface area (Å²) in [6, 6.07) is 7.25. The lowest BCUT2D eigenvalue weighted by Gasteiger charge is -2.09. The molecule has 0 aliphatic heterocycles. The molecule has 0 fully saturated rings. The number of nitrogens with zero attached hydrogens (tertiary/aromatic N) is 1. The summed E-state index contributed by atoms with van der Waals surface area (Å²) in [6.07, 6.45) is 0. The van der Waals surface area contributed by atoms with E-state index < -0.39 is 9.84 Å². The predicted octanol–water partition coefficient (Wildman–Crippen LogP) is 2.41. The second-order valence-electron chi connectivity index (χ2n) is 3.99. The van der Waals surface area contributed by atoms with E-state index in [0.717, 1.165) is 10.8 Å². The van der Waals surface area contributed by atoms with E-state index in [1.807, 2.05) is 12.1 Å². The molecule has 0 atom stereocenters. The highest BCUT2D eigenvalue weighted by Gasteiger charge is 2.15. The van der Waals surface area contributed by atoms with Crippen molar-refractivity contribution in [2.45, 2.75) is 12.7 Å². The summed E-state index contributed by atoms with van der Waals surface area (Å²) in [5, 5.41) is 1.62. The van der Waals surface area contributed by atoms with Gasteiger partial charge in [0.15, 0.2) is 15.0 Å². The Balaban J connectivity index is 2.68. The van der Waals surface area contributed by atoms with Gasteiger partial charge in [-0.1, -0.05) is 42.8 Å². The minimum Gasteiger partial charge on any atom is -0.396 e. The second-order valence-corrected chi connectivity index (χ2v) is 6.70. The molecule has 0 bridgehead atoms. The molecule has 0 aliphatic carbocycles. The van der Waals surface area contributed by atoms with Gasteiger partial charge in [-0.15, -0.1) is 0 Å². The molecule has 6 heteroatoms. The number of benzene rings is 1. The maximum absolute atomic E-state index is 11.7. The Kier molecular flexibility index (Phi) is 3.45. The van der Waals surface area contributed by atoms with Gasteiger partial charge in [-0.3, -0.25) is 0 Å². The molecule has 2 aromatic rings. The Morgan fingerprint density at radius 3 is 2.50 bits per heavy atom. The van der Waals surface area contributed by atoms with E-state index in [1.54, 1.807) is 19.1 Å². The zero-order valence-electron chi connectivity index (χ0n) is 9.85. The smallest absolute Gasteiger partial charge is 0.155 e. The number of pyridine rings is 1. The van der Waals surface area contributed by atoms with Crippen molar-refractivity contribution in [2.75, 3.05) is 11.5 Å². The first kappa shape index (κ1) is 13.1. The van der Waals surface area contributed by atoms with E-state index in [0.29, 0.717) is 11.4 Å². The van der Waals surface area contributed by atoms with Crippen LogP contribution < -0.4 is 5.73 Å². The summed E-state index contributed by atoms with van der Waals surface area (Å²) in [7, 11) is -3.16. The van der Waals surface area contributed by atoms with Gasteiger partial charge in [-0.05, 0) is 0 Å². The van der Waals surface area contributed by atoms with Crippen molar-refractivity contribution in [3.8, 4) is 0 Å². The average Bonchev–Trinajstić information content (AvgIpc) is 2.35. The summed E-state index contributed by atoms with van der Waals surface area (Å²) in [4.78, 5) is 4.10. The molecule has 96 valence electrons. The van der Waals surface area contributed by atoms with E-state index >= 15 is 0 Å². The largest absolute Gasteiger partial charge is 0.396 e. The lowest BCUT2D eigenvalue weighted by atomic mass is 10.1. The number of nitrogen functional groups attached to an aromatic ring is 1. The highest BCUT2D eigenvalue weighted by molar-refractivity contribution is 7.90. The van der Waals surface area contributed by atoms with Crippen molar-refractivity contribution in [1.29, 1.82) is 0 Å². The molecule has 1 aromatic carbocycles. The van der Waals surface area contributed by atoms with Gasteiger partial charge in [0.2, 0.25) is 0 Å². The SMILES string of the molecule is CCS(=O)(=O)Cc1nc(Cl)c(N)c2ccccc12. The van der Waals surface area contributed by atoms with Crippen LogP contribution in [0.5, 0.6) is 0 Å². The van der Waals surface area contributed by atoms with Gasteiger partial charge in [0, 0.05) is 16.5 Å². The lowest BCUT2D eigenvalue weighted by Crippen LogP contribution is -2.09. The topological polar surface area (TPSA) is 73.0 Å². The molecule has 18 heavy (non-hydrogen) atoms. The van der Waals surface area contributed by atoms with Crippen LogP contribution in [0.25, 0.3) is 10.8 Å². The zero-order valence-corrected chi connectivity index (χ0v) is 11.4. The van der Waals surface area contributed by atoms with Crippen molar-refractivity contribution < 1.29 is 8.42 Å². The van der Waals surface area contributed by atoms with Crippen LogP contribution in [0.4, 0.5) is 5.69 Å². The van der Waals surface area contributed by atoms with Gasteiger partial charge in [0.25, 0.3) is 0 Å². The molecule has 0 saturated carbocycles. The number of anilines is 1. The van der Waals surface area contributed by atoms with Crippen LogP contribution in [-0.2, 0) is 15.6 Å². The quantitative estimate of drug-likeness (QED) is 0.879. The Bertz CT molecular complexity index is 699. The van der Waals surface area contributed by atoms with Gasteiger partial charge in [-0.2, -0.15) is 0 Å². The Labute approximate surface area is 111 Å². The molecular weight excluding hydrogens is 272 g/mol. The van der Waals surface area contributed by atoms with E-state index in [9.17, 15) is 8.42 Å². The van der Waals surface area contributed by atoms with Crippen LogP contribution in [-0.4, -0.2) is 19.2 Å². The monoisotopic (exact) mass is 284 g/mol. The highest BCUT2D eigenvalue weighted by Crippen LogP contribution is 2.29. The molecule has 0 aliphatic rings. The predicted molar refractivity (Wildman–Crippen MR) is 74.3 cm³/mol. The second kappa shape index (κ2) is 4.74. The van der Waals surface area contributed by atoms with Crippen molar-refractivity contribution in [2.24, 2.45) is 0 Å². The fourth-order valence-electron chi connectivity index (χ4n) is 1.74. The van der Waals surface area contributed by atoms with Gasteiger partial charge in [0.05, 0.1) is 17.1 Å². The highest BCUT2D eigenvalue weighted by atomic mass is 35.5. The molecule has 0 saturated heterocycles. The van der Waals surface area contributed by atoms with Gasteiger partial charge < -0.3 is 5.73 Å². The molecule has 1 heterocycles. The number of sulfone groups is 1. The zero-order chi connectivity index (χ0) is 13.3. The van der Waals surface area contributed by atoms with E-state index in [2.05, 4.69) is 4.98 Å². The Hall–Kier alpha value is -1.33. The van der Waals surface area contributed by atoms with E-state index in [1.165, 1.54) is 0 Å². The van der Waals surface area contributed by atoms with Crippen molar-refractivity contribution >= 4 is 37.9 Å². The fraction of sp³-hybridized carbons (Fsp3) is 0.250. The molecule has 2 rings (SSSR count). The van der Waals surface area contributed by atoms with Crippen molar-refractivity contribution in [3.05, 3.63) is 35.1 Å². The van der Waals surface area contributed by atoms with Crippen molar-refractivity contribution in [1.82, 2.24) is 4.98 Å². The number of halogens is 1. The van der Waals surface area contributed by atoms with Gasteiger partial charge in [-0.25, -0.2) is 13.4 Å². The fourth-order valence-corrected chi connectivity index (χ4v) is 2.78. The summed E-state index contributed by atoms with van der Waals surface area (Å²) in [5.41, 5.74) is 6.67. The molecular formula is C12H13ClN2O2S. The minimum absolute atomic E-state index is 0.0744. The Morgan fingerprint density at radius 1 is 1.28 bits per heavy atom. The van der Waals surface area contributed by atoms with Crippen LogP contribution in [0, 0.1) is 0 Å². The van der Waals surface area contributed by atoms with Crippen LogP contribution in [0.1, 0.15) is 12.6 Å². The molecule has 2 N–H and O–H groups in total. The van der Waals surface area contributed by atoms with E-state index in [-0.39, 0.29) is 16.7 Å². The minimum atomic E-state index is -3.16. The number of aromatic nitrogens is 1. The van der Waals surface area contributed by atoms with Gasteiger partial charge in [0.1, 0.15) is 0 Å². The van der Waals surface area contributed by atoms with Crippen molar-refractivity contribution in [3.63, 3.8) is 0 Å². The number of hydrogen-bond donors (Lipinski definition) is 1. The first-order chi connectivity index (χ1) is 8.44. The number of nitrogens with two attached hydrogens (primary N) is 1. The standard InChI is InChI=1S/C12H13ClN2O2S/c1-2-18(16,17)7-10-8-5-3-4-6-9(8)11(14)12(13)15-10/h3-6H,2,7,14H2,1H3. The molecule has 1 aromatic heterocycles. The lowest BCUT2D eigenvalue weighted by molar-refractivity contribution is 0.596. The van der Waals surface area contributed by atoms with Crippen LogP contribution in [0.15, 0.2) is 24.3 Å². The summed E-state index contributed by atoms with van der Waals surface area (Å²) in [6.45, 7) is 1.61. The van der Waals surface area contributed by atoms with Gasteiger partial charge >= 0.3 is 0 Å². The maximum Gasteiger partial charge on any atom is 0.155 e. The summed E-state index contributed by atoms with van der Waals surface area (Å²) < 4.78 is 23.4. The van der Waals surface area contributed by atoms with E-state index in [4.69, 9.17) is 17.3 Å². The number of rotatable bonds is 3. The third-order valence-electron chi connectivity index (χ3n) is 2.78. The van der Waals surface area contributed by atoms with Crippen LogP contribution in [0.3, 0.4) is 0 Å². The maximum atomic E-state index is 11.7. The normalized spacial score (nSPS) is 11.9. The molecule has 0 unspecified atom stereocenters. The third-order valence-corrected chi connectivity index (χ3v) is 4.66. The molecule has 0 amide bonds. The molecule has 0 radical (unpaired) electrons. The third kappa shape index (κ3) is 2.42. The first-order valence-electron chi connectivity index (χ1n) is 5.47. The molecule has 4 nitrogen and oxygen atoms in total. The Morgan fingerprint density at radius 2 is 1.89 bits per heavy atom. The first-order valence-corrected chi connectivity index (χ1v) is 7.67. The average molecular weight is 285 g/mol. The van der Waals surface area contributed by atoms with Crippen LogP contribution >= 0.6 is 11.6 Å². The number of hydrogen-bond acceptors (Lipinski definition) is 4. The summed E-state index contributed by atoms with van der Waals surface area (Å²) in [5.74, 6) is -0.0466. The summed E-state index contributed by atoms with van der Waals surface area (Å²) >= 11 is 5.93. The molecule has 0 spiro atoms. The number of fused-ring (bicyclic) bond motifs is 1.